The van der Waals surface area contributed by atoms with E-state index in [1.54, 1.807) is 6.07 Å². The molecule has 0 saturated heterocycles. The van der Waals surface area contributed by atoms with Crippen LogP contribution in [0.3, 0.4) is 0 Å². The molecule has 0 bridgehead atoms. The molecule has 4 rings (SSSR count). The number of nitrogens with one attached hydrogen (secondary N) is 1. The fraction of sp³-hybridized carbons (Fsp3) is 0.207. The minimum absolute atomic E-state index is 0.00974. The SMILES string of the molecule is COC(=O)[C@H](C)Oc1ccc([N+](=O)[O-])cc1/C=N/NC(=O)c1ccc(COc2ccc(-n3c(C)ccc3C)cc2)o1. The molecule has 0 spiro atoms. The van der Waals surface area contributed by atoms with Gasteiger partial charge in [-0.1, -0.05) is 0 Å². The van der Waals surface area contributed by atoms with E-state index in [0.29, 0.717) is 11.5 Å². The summed E-state index contributed by atoms with van der Waals surface area (Å²) in [6.45, 7) is 5.65. The van der Waals surface area contributed by atoms with Crippen LogP contribution in [0.1, 0.15) is 40.2 Å². The molecule has 1 atom stereocenters. The van der Waals surface area contributed by atoms with Gasteiger partial charge < -0.3 is 23.2 Å². The fourth-order valence-electron chi connectivity index (χ4n) is 3.98. The van der Waals surface area contributed by atoms with Crippen molar-refractivity contribution in [3.8, 4) is 17.2 Å². The first-order valence-corrected chi connectivity index (χ1v) is 12.5. The highest BCUT2D eigenvalue weighted by atomic mass is 16.6. The van der Waals surface area contributed by atoms with Gasteiger partial charge in [0.2, 0.25) is 0 Å². The lowest BCUT2D eigenvalue weighted by molar-refractivity contribution is -0.384. The molecule has 2 aromatic carbocycles. The number of ether oxygens (including phenoxy) is 3. The topological polar surface area (TPSA) is 147 Å². The molecule has 212 valence electrons. The average Bonchev–Trinajstić information content (AvgIpc) is 3.58. The molecule has 12 nitrogen and oxygen atoms in total. The van der Waals surface area contributed by atoms with Crippen molar-refractivity contribution in [1.29, 1.82) is 0 Å². The number of aromatic nitrogens is 1. The Labute approximate surface area is 235 Å². The molecular weight excluding hydrogens is 532 g/mol. The van der Waals surface area contributed by atoms with Crippen LogP contribution in [0.5, 0.6) is 11.5 Å². The summed E-state index contributed by atoms with van der Waals surface area (Å²) in [5.74, 6) is -0.0901. The van der Waals surface area contributed by atoms with Gasteiger partial charge in [-0.05, 0) is 75.4 Å². The molecule has 1 amide bonds. The molecule has 0 aliphatic rings. The maximum Gasteiger partial charge on any atom is 0.346 e. The quantitative estimate of drug-likeness (QED) is 0.118. The molecule has 2 heterocycles. The number of aryl methyl sites for hydroxylation is 2. The summed E-state index contributed by atoms with van der Waals surface area (Å²) in [4.78, 5) is 34.8. The van der Waals surface area contributed by atoms with E-state index >= 15 is 0 Å². The van der Waals surface area contributed by atoms with Crippen LogP contribution in [0.25, 0.3) is 5.69 Å². The molecule has 0 aliphatic heterocycles. The zero-order valence-corrected chi connectivity index (χ0v) is 22.8. The Morgan fingerprint density at radius 1 is 1.07 bits per heavy atom. The normalized spacial score (nSPS) is 11.7. The van der Waals surface area contributed by atoms with E-state index in [2.05, 4.69) is 32.0 Å². The molecule has 0 fully saturated rings. The van der Waals surface area contributed by atoms with E-state index in [0.717, 1.165) is 23.3 Å². The van der Waals surface area contributed by atoms with E-state index in [4.69, 9.17) is 13.9 Å². The van der Waals surface area contributed by atoms with Gasteiger partial charge >= 0.3 is 11.9 Å². The standard InChI is InChI=1S/C29H28N4O8/c1-18-5-6-19(2)32(18)22-7-10-24(11-8-22)39-17-25-12-14-27(41-25)28(34)31-30-16-21-15-23(33(36)37)9-13-26(21)40-20(3)29(35)38-4/h5-16,20H,17H2,1-4H3,(H,31,34)/b30-16+/t20-/m0/s1. The molecule has 0 unspecified atom stereocenters. The second-order valence-electron chi connectivity index (χ2n) is 8.96. The number of nitro groups is 1. The van der Waals surface area contributed by atoms with Crippen LogP contribution >= 0.6 is 0 Å². The zero-order chi connectivity index (χ0) is 29.5. The highest BCUT2D eigenvalue weighted by molar-refractivity contribution is 5.93. The van der Waals surface area contributed by atoms with Crippen molar-refractivity contribution in [2.75, 3.05) is 7.11 Å². The summed E-state index contributed by atoms with van der Waals surface area (Å²) in [5.41, 5.74) is 5.53. The van der Waals surface area contributed by atoms with Gasteiger partial charge in [-0.25, -0.2) is 10.2 Å². The molecule has 2 aromatic heterocycles. The number of nitrogens with zero attached hydrogens (tertiary/aromatic N) is 3. The zero-order valence-electron chi connectivity index (χ0n) is 22.8. The lowest BCUT2D eigenvalue weighted by Gasteiger charge is -2.14. The maximum absolute atomic E-state index is 12.5. The van der Waals surface area contributed by atoms with Gasteiger partial charge in [0.25, 0.3) is 5.69 Å². The number of furan rings is 1. The van der Waals surface area contributed by atoms with Crippen molar-refractivity contribution in [2.45, 2.75) is 33.5 Å². The van der Waals surface area contributed by atoms with E-state index in [-0.39, 0.29) is 29.4 Å². The monoisotopic (exact) mass is 560 g/mol. The van der Waals surface area contributed by atoms with Crippen molar-refractivity contribution >= 4 is 23.8 Å². The van der Waals surface area contributed by atoms with Crippen molar-refractivity contribution in [1.82, 2.24) is 9.99 Å². The summed E-state index contributed by atoms with van der Waals surface area (Å²) in [7, 11) is 1.21. The van der Waals surface area contributed by atoms with Gasteiger partial charge in [-0.2, -0.15) is 5.10 Å². The summed E-state index contributed by atoms with van der Waals surface area (Å²) in [5, 5.41) is 15.1. The minimum Gasteiger partial charge on any atom is -0.486 e. The Morgan fingerprint density at radius 3 is 2.44 bits per heavy atom. The van der Waals surface area contributed by atoms with Gasteiger partial charge in [-0.3, -0.25) is 14.9 Å². The van der Waals surface area contributed by atoms with Crippen molar-refractivity contribution < 1.29 is 33.1 Å². The Kier molecular flexibility index (Phi) is 8.82. The van der Waals surface area contributed by atoms with E-state index in [1.807, 2.05) is 38.1 Å². The number of esters is 1. The molecule has 0 aliphatic carbocycles. The first-order valence-electron chi connectivity index (χ1n) is 12.5. The van der Waals surface area contributed by atoms with Crippen LogP contribution in [-0.2, 0) is 16.1 Å². The van der Waals surface area contributed by atoms with Gasteiger partial charge in [-0.15, -0.1) is 0 Å². The number of hydrogen-bond acceptors (Lipinski definition) is 9. The number of methoxy groups -OCH3 is 1. The van der Waals surface area contributed by atoms with Crippen LogP contribution in [0.15, 0.2) is 76.2 Å². The number of hydrogen-bond donors (Lipinski definition) is 1. The average molecular weight is 561 g/mol. The number of carbonyl (C=O) groups excluding carboxylic acids is 2. The lowest BCUT2D eigenvalue weighted by atomic mass is 10.2. The van der Waals surface area contributed by atoms with Crippen LogP contribution in [0.2, 0.25) is 0 Å². The highest BCUT2D eigenvalue weighted by Gasteiger charge is 2.19. The van der Waals surface area contributed by atoms with Gasteiger partial charge in [0.15, 0.2) is 11.9 Å². The highest BCUT2D eigenvalue weighted by Crippen LogP contribution is 2.24. The second-order valence-corrected chi connectivity index (χ2v) is 8.96. The second kappa shape index (κ2) is 12.6. The van der Waals surface area contributed by atoms with E-state index in [1.165, 1.54) is 38.3 Å². The largest absolute Gasteiger partial charge is 0.486 e. The van der Waals surface area contributed by atoms with Crippen LogP contribution in [0, 0.1) is 24.0 Å². The third-order valence-corrected chi connectivity index (χ3v) is 6.04. The summed E-state index contributed by atoms with van der Waals surface area (Å²) < 4.78 is 23.7. The van der Waals surface area contributed by atoms with E-state index < -0.39 is 22.9 Å². The number of non-ortho nitro benzene ring substituents is 1. The molecule has 0 radical (unpaired) electrons. The third-order valence-electron chi connectivity index (χ3n) is 6.04. The molecule has 0 saturated carbocycles. The minimum atomic E-state index is -0.974. The molecule has 41 heavy (non-hydrogen) atoms. The number of amides is 1. The van der Waals surface area contributed by atoms with Crippen LogP contribution < -0.4 is 14.9 Å². The molecular formula is C29H28N4O8. The van der Waals surface area contributed by atoms with Gasteiger partial charge in [0.05, 0.1) is 18.2 Å². The number of benzene rings is 2. The smallest absolute Gasteiger partial charge is 0.346 e. The van der Waals surface area contributed by atoms with Gasteiger partial charge in [0.1, 0.15) is 23.9 Å². The Balaban J connectivity index is 1.36. The Morgan fingerprint density at radius 2 is 1.78 bits per heavy atom. The fourth-order valence-corrected chi connectivity index (χ4v) is 3.98. The Hall–Kier alpha value is -5.39. The van der Waals surface area contributed by atoms with Crippen LogP contribution in [0.4, 0.5) is 5.69 Å². The summed E-state index contributed by atoms with van der Waals surface area (Å²) in [6, 6.07) is 18.6. The first-order chi connectivity index (χ1) is 19.7. The first kappa shape index (κ1) is 28.6. The predicted molar refractivity (Wildman–Crippen MR) is 149 cm³/mol. The maximum atomic E-state index is 12.5. The summed E-state index contributed by atoms with van der Waals surface area (Å²) in [6.07, 6.45) is 0.190. The predicted octanol–water partition coefficient (Wildman–Crippen LogP) is 4.88. The number of hydrazone groups is 1. The van der Waals surface area contributed by atoms with Crippen LogP contribution in [-0.4, -0.2) is 40.8 Å². The number of nitro benzene ring substituents is 1. The third kappa shape index (κ3) is 6.98. The van der Waals surface area contributed by atoms with Crippen molar-refractivity contribution in [3.63, 3.8) is 0 Å². The number of carbonyl (C=O) groups is 2. The molecule has 1 N–H and O–H groups in total. The number of rotatable bonds is 11. The molecule has 4 aromatic rings. The lowest BCUT2D eigenvalue weighted by Crippen LogP contribution is -2.25. The summed E-state index contributed by atoms with van der Waals surface area (Å²) >= 11 is 0. The van der Waals surface area contributed by atoms with Crippen molar-refractivity contribution in [3.05, 3.63) is 105 Å². The Bertz CT molecular complexity index is 1570. The van der Waals surface area contributed by atoms with E-state index in [9.17, 15) is 19.7 Å². The van der Waals surface area contributed by atoms with Crippen molar-refractivity contribution in [2.24, 2.45) is 5.10 Å². The van der Waals surface area contributed by atoms with Gasteiger partial charge in [0, 0.05) is 34.8 Å². The molecule has 12 heteroatoms.